The number of carbonyl (C=O) groups is 2. The minimum absolute atomic E-state index is 0.0176. The first-order valence-electron chi connectivity index (χ1n) is 19.7. The predicted molar refractivity (Wildman–Crippen MR) is 215 cm³/mol. The molecule has 298 valence electrons. The van der Waals surface area contributed by atoms with Crippen LogP contribution in [-0.4, -0.2) is 74.9 Å². The molecule has 0 saturated heterocycles. The van der Waals surface area contributed by atoms with Crippen molar-refractivity contribution < 1.29 is 42.1 Å². The second-order valence-corrected chi connectivity index (χ2v) is 15.5. The second-order valence-electron chi connectivity index (χ2n) is 14.1. The Morgan fingerprint density at radius 1 is 0.615 bits per heavy atom. The van der Waals surface area contributed by atoms with Crippen molar-refractivity contribution in [3.05, 3.63) is 72.9 Å². The lowest BCUT2D eigenvalue weighted by Crippen LogP contribution is -2.37. The molecular weight excluding hydrogens is 677 g/mol. The van der Waals surface area contributed by atoms with Crippen molar-refractivity contribution in [2.75, 3.05) is 47.5 Å². The number of phosphoric ester groups is 1. The van der Waals surface area contributed by atoms with Gasteiger partial charge in [-0.25, -0.2) is 4.57 Å². The van der Waals surface area contributed by atoms with Crippen LogP contribution in [0.4, 0.5) is 0 Å². The monoisotopic (exact) mass is 751 g/mol. The topological polar surface area (TPSA) is 108 Å². The van der Waals surface area contributed by atoms with E-state index >= 15 is 0 Å². The Morgan fingerprint density at radius 3 is 1.67 bits per heavy atom. The highest BCUT2D eigenvalue weighted by Gasteiger charge is 2.27. The summed E-state index contributed by atoms with van der Waals surface area (Å²) in [5.74, 6) is -0.868. The largest absolute Gasteiger partial charge is 0.472 e. The van der Waals surface area contributed by atoms with E-state index in [0.29, 0.717) is 23.9 Å². The molecule has 0 aromatic carbocycles. The average Bonchev–Trinajstić information content (AvgIpc) is 3.09. The standard InChI is InChI=1S/C42H72NO8P/c1-6-8-10-12-14-16-18-20-21-23-24-26-28-30-32-34-41(44)48-38-40(39-50-52(46,47)49-37-36-43(3,4)5)51-42(45)35-33-31-29-27-25-22-19-17-15-13-11-9-7-2/h9,11,13-20,22,25,40H,6-8,10,12,21,23-24,26-39H2,1-5H3/p+1/b11-9+,15-13+,16-14+,19-17+,20-18+,25-22+. The summed E-state index contributed by atoms with van der Waals surface area (Å²) in [7, 11) is 1.43. The molecule has 2 unspecified atom stereocenters. The number of carbonyl (C=O) groups excluding carboxylic acids is 2. The maximum atomic E-state index is 12.6. The number of quaternary nitrogens is 1. The van der Waals surface area contributed by atoms with E-state index in [1.54, 1.807) is 0 Å². The lowest BCUT2D eigenvalue weighted by molar-refractivity contribution is -0.870. The van der Waals surface area contributed by atoms with Crippen LogP contribution in [-0.2, 0) is 32.7 Å². The summed E-state index contributed by atoms with van der Waals surface area (Å²) in [5.41, 5.74) is 0. The molecule has 0 rings (SSSR count). The van der Waals surface area contributed by atoms with Gasteiger partial charge >= 0.3 is 19.8 Å². The minimum Gasteiger partial charge on any atom is -0.462 e. The Hall–Kier alpha value is -2.55. The van der Waals surface area contributed by atoms with Crippen molar-refractivity contribution in [2.45, 2.75) is 136 Å². The number of nitrogens with zero attached hydrogens (tertiary/aromatic N) is 1. The van der Waals surface area contributed by atoms with Crippen LogP contribution < -0.4 is 0 Å². The lowest BCUT2D eigenvalue weighted by atomic mass is 10.1. The van der Waals surface area contributed by atoms with Crippen LogP contribution in [0.1, 0.15) is 129 Å². The summed E-state index contributed by atoms with van der Waals surface area (Å²) in [4.78, 5) is 35.2. The zero-order chi connectivity index (χ0) is 38.6. The quantitative estimate of drug-likeness (QED) is 0.0228. The number of hydrogen-bond acceptors (Lipinski definition) is 7. The van der Waals surface area contributed by atoms with Crippen LogP contribution >= 0.6 is 7.82 Å². The van der Waals surface area contributed by atoms with Gasteiger partial charge in [0.1, 0.15) is 19.8 Å². The van der Waals surface area contributed by atoms with Gasteiger partial charge in [0.15, 0.2) is 6.10 Å². The van der Waals surface area contributed by atoms with Crippen LogP contribution in [0.2, 0.25) is 0 Å². The molecule has 2 atom stereocenters. The maximum Gasteiger partial charge on any atom is 0.472 e. The van der Waals surface area contributed by atoms with E-state index in [2.05, 4.69) is 50.3 Å². The number of unbranched alkanes of at least 4 members (excludes halogenated alkanes) is 12. The molecular formula is C42H73NO8P+. The minimum atomic E-state index is -4.39. The van der Waals surface area contributed by atoms with E-state index in [4.69, 9.17) is 18.5 Å². The molecule has 0 aliphatic carbocycles. The van der Waals surface area contributed by atoms with E-state index in [9.17, 15) is 19.0 Å². The van der Waals surface area contributed by atoms with Gasteiger partial charge in [-0.15, -0.1) is 0 Å². The normalized spacial score (nSPS) is 14.5. The highest BCUT2D eigenvalue weighted by molar-refractivity contribution is 7.47. The maximum absolute atomic E-state index is 12.6. The Balaban J connectivity index is 4.52. The van der Waals surface area contributed by atoms with Gasteiger partial charge in [-0.05, 0) is 57.8 Å². The lowest BCUT2D eigenvalue weighted by Gasteiger charge is -2.24. The molecule has 0 heterocycles. The predicted octanol–water partition coefficient (Wildman–Crippen LogP) is 10.7. The van der Waals surface area contributed by atoms with Gasteiger partial charge in [-0.3, -0.25) is 18.6 Å². The van der Waals surface area contributed by atoms with Crippen molar-refractivity contribution in [3.63, 3.8) is 0 Å². The summed E-state index contributed by atoms with van der Waals surface area (Å²) < 4.78 is 34.1. The number of hydrogen-bond donors (Lipinski definition) is 1. The third-order valence-electron chi connectivity index (χ3n) is 7.84. The van der Waals surface area contributed by atoms with E-state index in [1.165, 1.54) is 25.7 Å². The fourth-order valence-corrected chi connectivity index (χ4v) is 5.46. The molecule has 52 heavy (non-hydrogen) atoms. The van der Waals surface area contributed by atoms with Crippen molar-refractivity contribution in [2.24, 2.45) is 0 Å². The molecule has 0 aliphatic heterocycles. The molecule has 0 amide bonds. The van der Waals surface area contributed by atoms with Gasteiger partial charge in [-0.1, -0.05) is 132 Å². The fraction of sp³-hybridized carbons (Fsp3) is 0.667. The van der Waals surface area contributed by atoms with Crippen molar-refractivity contribution in [1.82, 2.24) is 0 Å². The third-order valence-corrected chi connectivity index (χ3v) is 8.83. The molecule has 1 N–H and O–H groups in total. The fourth-order valence-electron chi connectivity index (χ4n) is 4.72. The molecule has 0 aromatic rings. The van der Waals surface area contributed by atoms with E-state index in [0.717, 1.165) is 64.2 Å². The van der Waals surface area contributed by atoms with E-state index in [1.807, 2.05) is 57.6 Å². The van der Waals surface area contributed by atoms with Crippen LogP contribution in [0.5, 0.6) is 0 Å². The summed E-state index contributed by atoms with van der Waals surface area (Å²) in [5, 5.41) is 0. The number of phosphoric acid groups is 1. The number of allylic oxidation sites excluding steroid dienone is 12. The van der Waals surface area contributed by atoms with Gasteiger partial charge < -0.3 is 18.9 Å². The van der Waals surface area contributed by atoms with Gasteiger partial charge in [0.25, 0.3) is 0 Å². The molecule has 0 aromatic heterocycles. The summed E-state index contributed by atoms with van der Waals surface area (Å²) >= 11 is 0. The highest BCUT2D eigenvalue weighted by atomic mass is 31.2. The number of likely N-dealkylation sites (N-methyl/N-ethyl adjacent to an activating group) is 1. The smallest absolute Gasteiger partial charge is 0.462 e. The van der Waals surface area contributed by atoms with Gasteiger partial charge in [-0.2, -0.15) is 0 Å². The van der Waals surface area contributed by atoms with Crippen LogP contribution in [0.3, 0.4) is 0 Å². The Bertz CT molecular complexity index is 1120. The average molecular weight is 751 g/mol. The van der Waals surface area contributed by atoms with Gasteiger partial charge in [0.2, 0.25) is 0 Å². The molecule has 0 bridgehead atoms. The number of ether oxygens (including phenoxy) is 2. The SMILES string of the molecule is CC/C=C/C=C/C=C/C=C/CCCCCC(=O)OC(COC(=O)CCCCCCCC/C=C/C=C/CCCCC)COP(=O)(O)OCC[N+](C)(C)C. The molecule has 0 radical (unpaired) electrons. The Labute approximate surface area is 317 Å². The first-order valence-corrected chi connectivity index (χ1v) is 21.2. The zero-order valence-electron chi connectivity index (χ0n) is 33.3. The summed E-state index contributed by atoms with van der Waals surface area (Å²) in [6.45, 7) is 4.15. The van der Waals surface area contributed by atoms with Crippen molar-refractivity contribution in [3.8, 4) is 0 Å². The molecule has 0 saturated carbocycles. The Kier molecular flexibility index (Phi) is 32.6. The first kappa shape index (κ1) is 49.5. The molecule has 0 spiro atoms. The van der Waals surface area contributed by atoms with Gasteiger partial charge in [0, 0.05) is 12.8 Å². The summed E-state index contributed by atoms with van der Waals surface area (Å²) in [6.07, 6.45) is 40.9. The molecule has 10 heteroatoms. The van der Waals surface area contributed by atoms with Crippen LogP contribution in [0, 0.1) is 0 Å². The van der Waals surface area contributed by atoms with Crippen LogP contribution in [0.15, 0.2) is 72.9 Å². The van der Waals surface area contributed by atoms with Crippen molar-refractivity contribution in [1.29, 1.82) is 0 Å². The molecule has 0 fully saturated rings. The first-order chi connectivity index (χ1) is 25.0. The third kappa shape index (κ3) is 37.2. The number of rotatable bonds is 34. The molecule has 0 aliphatic rings. The highest BCUT2D eigenvalue weighted by Crippen LogP contribution is 2.43. The van der Waals surface area contributed by atoms with E-state index in [-0.39, 0.29) is 26.1 Å². The summed E-state index contributed by atoms with van der Waals surface area (Å²) in [6, 6.07) is 0. The van der Waals surface area contributed by atoms with Crippen molar-refractivity contribution >= 4 is 19.8 Å². The van der Waals surface area contributed by atoms with Gasteiger partial charge in [0.05, 0.1) is 27.7 Å². The zero-order valence-corrected chi connectivity index (χ0v) is 34.2. The number of esters is 2. The Morgan fingerprint density at radius 2 is 1.10 bits per heavy atom. The molecule has 9 nitrogen and oxygen atoms in total. The van der Waals surface area contributed by atoms with E-state index < -0.39 is 32.5 Å². The second kappa shape index (κ2) is 34.2. The van der Waals surface area contributed by atoms with Crippen LogP contribution in [0.25, 0.3) is 0 Å².